The fourth-order valence-corrected chi connectivity index (χ4v) is 0.874. The van der Waals surface area contributed by atoms with Gasteiger partial charge in [-0.1, -0.05) is 20.8 Å². The van der Waals surface area contributed by atoms with Crippen LogP contribution in [0.5, 0.6) is 0 Å². The fourth-order valence-electron chi connectivity index (χ4n) is 0.874. The van der Waals surface area contributed by atoms with Gasteiger partial charge in [0.05, 0.1) is 0 Å². The smallest absolute Gasteiger partial charge is 0.0452 e. The maximum absolute atomic E-state index is 5.41. The fraction of sp³-hybridized carbons (Fsp3) is 1.00. The molecule has 0 rings (SSSR count). The van der Waals surface area contributed by atoms with E-state index in [0.29, 0.717) is 12.1 Å². The summed E-state index contributed by atoms with van der Waals surface area (Å²) < 4.78 is 0. The average Bonchev–Trinajstić information content (AvgIpc) is 1.62. The van der Waals surface area contributed by atoms with Crippen LogP contribution in [0.4, 0.5) is 0 Å². The Labute approximate surface area is 58.0 Å². The molecule has 0 bridgehead atoms. The number of hydrogen-bond donors (Lipinski definition) is 1. The number of hydrogen-bond acceptors (Lipinski definition) is 2. The van der Waals surface area contributed by atoms with Crippen molar-refractivity contribution in [3.63, 3.8) is 0 Å². The van der Waals surface area contributed by atoms with Crippen LogP contribution in [-0.4, -0.2) is 25.2 Å². The third-order valence-electron chi connectivity index (χ3n) is 1.06. The Hall–Kier alpha value is -0.0800. The average molecular weight is 130 g/mol. The van der Waals surface area contributed by atoms with Crippen molar-refractivity contribution >= 4 is 0 Å². The maximum atomic E-state index is 5.41. The summed E-state index contributed by atoms with van der Waals surface area (Å²) in [4.78, 5) is 2.11. The summed E-state index contributed by atoms with van der Waals surface area (Å²) in [5.41, 5.74) is 5.77. The van der Waals surface area contributed by atoms with Crippen molar-refractivity contribution in [2.75, 3.05) is 20.3 Å². The molecule has 0 saturated heterocycles. The predicted molar refractivity (Wildman–Crippen MR) is 41.1 cm³/mol. The highest BCUT2D eigenvalue weighted by Gasteiger charge is 2.11. The second-order valence-electron chi connectivity index (χ2n) is 3.76. The second kappa shape index (κ2) is 3.18. The molecule has 0 aromatic rings. The highest BCUT2D eigenvalue weighted by molar-refractivity contribution is 4.64. The number of nitrogens with two attached hydrogens (primary N) is 1. The summed E-state index contributed by atoms with van der Waals surface area (Å²) in [5.74, 6) is 0. The molecule has 56 valence electrons. The van der Waals surface area contributed by atoms with E-state index >= 15 is 0 Å². The molecule has 2 nitrogen and oxygen atoms in total. The highest BCUT2D eigenvalue weighted by Crippen LogP contribution is 2.12. The molecular formula is C7H18N2. The van der Waals surface area contributed by atoms with E-state index in [2.05, 4.69) is 25.7 Å². The predicted octanol–water partition coefficient (Wildman–Crippen LogP) is 0.880. The first-order valence-electron chi connectivity index (χ1n) is 3.34. The molecule has 2 heteroatoms. The minimum atomic E-state index is 0.369. The lowest BCUT2D eigenvalue weighted by Gasteiger charge is -2.24. The van der Waals surface area contributed by atoms with Crippen molar-refractivity contribution in [2.45, 2.75) is 20.8 Å². The standard InChI is InChI=1S/C7H18N2/c1-7(2,3)5-9(4)6-8/h5-6,8H2,1-4H3. The van der Waals surface area contributed by atoms with Crippen LogP contribution in [0.1, 0.15) is 20.8 Å². The van der Waals surface area contributed by atoms with Crippen molar-refractivity contribution < 1.29 is 0 Å². The van der Waals surface area contributed by atoms with Gasteiger partial charge in [0.2, 0.25) is 0 Å². The van der Waals surface area contributed by atoms with Gasteiger partial charge in [0.25, 0.3) is 0 Å². The Bertz CT molecular complexity index is 73.5. The summed E-state index contributed by atoms with van der Waals surface area (Å²) in [6, 6.07) is 0. The van der Waals surface area contributed by atoms with Crippen molar-refractivity contribution in [2.24, 2.45) is 11.1 Å². The van der Waals surface area contributed by atoms with E-state index in [0.717, 1.165) is 6.54 Å². The van der Waals surface area contributed by atoms with E-state index in [-0.39, 0.29) is 0 Å². The van der Waals surface area contributed by atoms with Gasteiger partial charge < -0.3 is 5.73 Å². The first-order chi connectivity index (χ1) is 3.95. The van der Waals surface area contributed by atoms with Gasteiger partial charge in [-0.25, -0.2) is 0 Å². The maximum Gasteiger partial charge on any atom is 0.0452 e. The minimum Gasteiger partial charge on any atom is -0.318 e. The Kier molecular flexibility index (Phi) is 3.15. The van der Waals surface area contributed by atoms with Gasteiger partial charge in [-0.05, 0) is 12.5 Å². The molecule has 0 aliphatic carbocycles. The Morgan fingerprint density at radius 3 is 1.89 bits per heavy atom. The third-order valence-corrected chi connectivity index (χ3v) is 1.06. The lowest BCUT2D eigenvalue weighted by molar-refractivity contribution is 0.232. The van der Waals surface area contributed by atoms with Crippen LogP contribution in [0.15, 0.2) is 0 Å². The van der Waals surface area contributed by atoms with E-state index in [1.165, 1.54) is 0 Å². The summed E-state index contributed by atoms with van der Waals surface area (Å²) in [6.07, 6.45) is 0. The Morgan fingerprint density at radius 2 is 1.78 bits per heavy atom. The van der Waals surface area contributed by atoms with Crippen LogP contribution in [0, 0.1) is 5.41 Å². The highest BCUT2D eigenvalue weighted by atomic mass is 15.1. The van der Waals surface area contributed by atoms with Crippen LogP contribution in [0.3, 0.4) is 0 Å². The van der Waals surface area contributed by atoms with Gasteiger partial charge in [0.1, 0.15) is 0 Å². The first-order valence-corrected chi connectivity index (χ1v) is 3.34. The molecule has 0 aromatic heterocycles. The van der Waals surface area contributed by atoms with Crippen molar-refractivity contribution in [3.05, 3.63) is 0 Å². The van der Waals surface area contributed by atoms with E-state index in [4.69, 9.17) is 5.73 Å². The molecule has 0 spiro atoms. The topological polar surface area (TPSA) is 29.3 Å². The molecule has 0 heterocycles. The molecule has 0 aliphatic rings. The zero-order valence-electron chi connectivity index (χ0n) is 6.94. The quantitative estimate of drug-likeness (QED) is 0.562. The van der Waals surface area contributed by atoms with Gasteiger partial charge >= 0.3 is 0 Å². The first kappa shape index (κ1) is 8.92. The lowest BCUT2D eigenvalue weighted by atomic mass is 9.96. The summed E-state index contributed by atoms with van der Waals surface area (Å²) in [6.45, 7) is 8.33. The van der Waals surface area contributed by atoms with Gasteiger partial charge in [0.15, 0.2) is 0 Å². The van der Waals surface area contributed by atoms with E-state index < -0.39 is 0 Å². The molecule has 0 atom stereocenters. The number of nitrogens with zero attached hydrogens (tertiary/aromatic N) is 1. The monoisotopic (exact) mass is 130 g/mol. The van der Waals surface area contributed by atoms with Crippen molar-refractivity contribution in [1.82, 2.24) is 4.90 Å². The molecule has 0 saturated carbocycles. The van der Waals surface area contributed by atoms with Gasteiger partial charge in [-0.15, -0.1) is 0 Å². The molecule has 0 aromatic carbocycles. The van der Waals surface area contributed by atoms with E-state index in [9.17, 15) is 0 Å². The second-order valence-corrected chi connectivity index (χ2v) is 3.76. The minimum absolute atomic E-state index is 0.369. The lowest BCUT2D eigenvalue weighted by Crippen LogP contribution is -2.33. The molecule has 0 radical (unpaired) electrons. The molecule has 0 unspecified atom stereocenters. The van der Waals surface area contributed by atoms with Crippen molar-refractivity contribution in [3.8, 4) is 0 Å². The third kappa shape index (κ3) is 5.80. The van der Waals surface area contributed by atoms with Gasteiger partial charge in [-0.2, -0.15) is 0 Å². The van der Waals surface area contributed by atoms with E-state index in [1.54, 1.807) is 0 Å². The molecule has 2 N–H and O–H groups in total. The molecule has 0 amide bonds. The zero-order valence-corrected chi connectivity index (χ0v) is 6.94. The normalized spacial score (nSPS) is 12.7. The zero-order chi connectivity index (χ0) is 7.49. The SMILES string of the molecule is CN(CN)CC(C)(C)C. The van der Waals surface area contributed by atoms with Gasteiger partial charge in [0, 0.05) is 13.2 Å². The van der Waals surface area contributed by atoms with E-state index in [1.807, 2.05) is 7.05 Å². The molecule has 9 heavy (non-hydrogen) atoms. The van der Waals surface area contributed by atoms with Crippen LogP contribution in [0.2, 0.25) is 0 Å². The largest absolute Gasteiger partial charge is 0.318 e. The van der Waals surface area contributed by atoms with Crippen LogP contribution in [-0.2, 0) is 0 Å². The molecular weight excluding hydrogens is 112 g/mol. The van der Waals surface area contributed by atoms with Crippen LogP contribution >= 0.6 is 0 Å². The van der Waals surface area contributed by atoms with Gasteiger partial charge in [-0.3, -0.25) is 4.90 Å². The van der Waals surface area contributed by atoms with Crippen molar-refractivity contribution in [1.29, 1.82) is 0 Å². The number of rotatable bonds is 2. The summed E-state index contributed by atoms with van der Waals surface area (Å²) in [5, 5.41) is 0. The van der Waals surface area contributed by atoms with Crippen LogP contribution < -0.4 is 5.73 Å². The molecule has 0 aliphatic heterocycles. The summed E-state index contributed by atoms with van der Waals surface area (Å²) in [7, 11) is 2.03. The Balaban J connectivity index is 3.47. The van der Waals surface area contributed by atoms with Crippen LogP contribution in [0.25, 0.3) is 0 Å². The summed E-state index contributed by atoms with van der Waals surface area (Å²) >= 11 is 0. The Morgan fingerprint density at radius 1 is 1.33 bits per heavy atom. The molecule has 0 fully saturated rings.